The molecule has 0 saturated carbocycles. The summed E-state index contributed by atoms with van der Waals surface area (Å²) in [4.78, 5) is 41.6. The summed E-state index contributed by atoms with van der Waals surface area (Å²) in [6.07, 6.45) is 0.725. The van der Waals surface area contributed by atoms with Gasteiger partial charge in [0.15, 0.2) is 18.8 Å². The molecule has 2 aromatic heterocycles. The second-order valence-electron chi connectivity index (χ2n) is 4.48. The Bertz CT molecular complexity index is 782. The van der Waals surface area contributed by atoms with E-state index in [9.17, 15) is 14.3 Å². The molecule has 122 valence electrons. The van der Waals surface area contributed by atoms with Gasteiger partial charge in [0.05, 0.1) is 19.5 Å². The number of nitrogens with two attached hydrogens (primary N) is 1. The first-order valence-electron chi connectivity index (χ1n) is 5.86. The predicted octanol–water partition coefficient (Wildman–Crippen LogP) is -1.68. The second-order valence-corrected chi connectivity index (χ2v) is 6.03. The number of hydrogen-bond acceptors (Lipinski definition) is 8. The highest BCUT2D eigenvalue weighted by atomic mass is 31.2. The number of aromatic nitrogens is 4. The molecule has 22 heavy (non-hydrogen) atoms. The van der Waals surface area contributed by atoms with Crippen LogP contribution in [0.1, 0.15) is 0 Å². The van der Waals surface area contributed by atoms with Crippen LogP contribution in [0.15, 0.2) is 11.1 Å². The third kappa shape index (κ3) is 3.02. The van der Waals surface area contributed by atoms with E-state index >= 15 is 0 Å². The summed E-state index contributed by atoms with van der Waals surface area (Å²) in [5.74, 6) is -0.0601. The quantitative estimate of drug-likeness (QED) is 0.472. The number of H-pyrrole nitrogens is 1. The third-order valence-electron chi connectivity index (χ3n) is 2.89. The molecular formula is C9H15N6O6P. The van der Waals surface area contributed by atoms with Crippen molar-refractivity contribution in [1.29, 1.82) is 0 Å². The number of nitrogens with zero attached hydrogens (tertiary/aromatic N) is 3. The van der Waals surface area contributed by atoms with Crippen molar-refractivity contribution in [2.24, 2.45) is 0 Å². The van der Waals surface area contributed by atoms with Crippen molar-refractivity contribution < 1.29 is 23.8 Å². The van der Waals surface area contributed by atoms with Gasteiger partial charge >= 0.3 is 0 Å². The first-order valence-corrected chi connectivity index (χ1v) is 7.50. The van der Waals surface area contributed by atoms with Gasteiger partial charge in [0.1, 0.15) is 6.10 Å². The van der Waals surface area contributed by atoms with Crippen LogP contribution < -0.4 is 22.3 Å². The van der Waals surface area contributed by atoms with Crippen LogP contribution >= 0.6 is 7.60 Å². The van der Waals surface area contributed by atoms with Crippen molar-refractivity contribution in [3.8, 4) is 0 Å². The zero-order chi connectivity index (χ0) is 15.2. The van der Waals surface area contributed by atoms with Gasteiger partial charge in [-0.25, -0.2) is 4.98 Å². The van der Waals surface area contributed by atoms with E-state index < -0.39 is 25.3 Å². The lowest BCUT2D eigenvalue weighted by Crippen LogP contribution is -2.22. The molecule has 0 aliphatic carbocycles. The van der Waals surface area contributed by atoms with Gasteiger partial charge < -0.3 is 40.3 Å². The number of imidazole rings is 1. The van der Waals surface area contributed by atoms with E-state index in [1.165, 1.54) is 10.9 Å². The molecule has 0 aromatic carbocycles. The molecule has 1 saturated heterocycles. The van der Waals surface area contributed by atoms with Crippen LogP contribution in [0.25, 0.3) is 11.2 Å². The number of rotatable bonds is 3. The highest BCUT2D eigenvalue weighted by molar-refractivity contribution is 7.50. The second kappa shape index (κ2) is 5.76. The minimum atomic E-state index is -4.71. The lowest BCUT2D eigenvalue weighted by atomic mass is 10.4. The fourth-order valence-electron chi connectivity index (χ4n) is 2.02. The van der Waals surface area contributed by atoms with Crippen molar-refractivity contribution in [1.82, 2.24) is 25.7 Å². The van der Waals surface area contributed by atoms with Gasteiger partial charge in [-0.2, -0.15) is 4.98 Å². The molecule has 1 fully saturated rings. The third-order valence-corrected chi connectivity index (χ3v) is 3.70. The first-order chi connectivity index (χ1) is 9.84. The number of ether oxygens (including phenoxy) is 2. The molecule has 1 aliphatic rings. The molecule has 2 aromatic rings. The maximum Gasteiger partial charge on any atom is 0.280 e. The Labute approximate surface area is 123 Å². The lowest BCUT2D eigenvalue weighted by Gasteiger charge is -2.21. The zero-order valence-electron chi connectivity index (χ0n) is 11.5. The number of aromatic amines is 1. The number of anilines is 1. The van der Waals surface area contributed by atoms with Crippen molar-refractivity contribution in [3.63, 3.8) is 0 Å². The molecule has 0 bridgehead atoms. The van der Waals surface area contributed by atoms with Gasteiger partial charge in [0.25, 0.3) is 5.56 Å². The van der Waals surface area contributed by atoms with Crippen molar-refractivity contribution in [3.05, 3.63) is 16.7 Å². The maximum absolute atomic E-state index is 11.6. The molecule has 3 atom stereocenters. The van der Waals surface area contributed by atoms with Crippen molar-refractivity contribution >= 4 is 24.7 Å². The van der Waals surface area contributed by atoms with Gasteiger partial charge in [-0.3, -0.25) is 9.78 Å². The number of fused-ring (bicyclic) bond motifs is 1. The van der Waals surface area contributed by atoms with Crippen LogP contribution in [-0.4, -0.2) is 43.2 Å². The Morgan fingerprint density at radius 1 is 1.64 bits per heavy atom. The Kier molecular flexibility index (Phi) is 4.33. The Balaban J connectivity index is 0.00000176. The van der Waals surface area contributed by atoms with Crippen LogP contribution in [0.4, 0.5) is 5.95 Å². The van der Waals surface area contributed by atoms with Crippen LogP contribution in [0.2, 0.25) is 0 Å². The van der Waals surface area contributed by atoms with E-state index in [2.05, 4.69) is 15.0 Å². The summed E-state index contributed by atoms with van der Waals surface area (Å²) in [6, 6.07) is -1.68. The number of nitrogens with one attached hydrogen (secondary N) is 1. The van der Waals surface area contributed by atoms with E-state index in [1.807, 2.05) is 0 Å². The van der Waals surface area contributed by atoms with E-state index in [-0.39, 0.29) is 36.4 Å². The monoisotopic (exact) mass is 334 g/mol. The molecule has 0 radical (unpaired) electrons. The average molecular weight is 334 g/mol. The van der Waals surface area contributed by atoms with E-state index in [4.69, 9.17) is 20.1 Å². The normalized spacial score (nSPS) is 24.1. The van der Waals surface area contributed by atoms with Gasteiger partial charge in [-0.05, 0) is 0 Å². The summed E-state index contributed by atoms with van der Waals surface area (Å²) in [7, 11) is -4.71. The van der Waals surface area contributed by atoms with Gasteiger partial charge in [-0.15, -0.1) is 0 Å². The Morgan fingerprint density at radius 2 is 2.36 bits per heavy atom. The van der Waals surface area contributed by atoms with Crippen molar-refractivity contribution in [2.75, 3.05) is 12.3 Å². The smallest absolute Gasteiger partial charge is 0.280 e. The SMILES string of the molecule is Nc1nc2c(ncn2CC2COC(P(=O)([O-])O)O2)c(=O)[nH]1.[NH4+]. The summed E-state index contributed by atoms with van der Waals surface area (Å²) in [6.45, 7) is 0.110. The molecule has 3 heterocycles. The van der Waals surface area contributed by atoms with Crippen molar-refractivity contribution in [2.45, 2.75) is 18.7 Å². The molecule has 0 spiro atoms. The molecule has 12 nitrogen and oxygen atoms in total. The van der Waals surface area contributed by atoms with Gasteiger partial charge in [0.2, 0.25) is 12.0 Å². The fourth-order valence-corrected chi connectivity index (χ4v) is 2.62. The van der Waals surface area contributed by atoms with Crippen LogP contribution in [0.3, 0.4) is 0 Å². The number of hydrogen-bond donors (Lipinski definition) is 4. The highest BCUT2D eigenvalue weighted by Crippen LogP contribution is 2.41. The maximum atomic E-state index is 11.6. The van der Waals surface area contributed by atoms with E-state index in [1.54, 1.807) is 0 Å². The average Bonchev–Trinajstić information content (AvgIpc) is 2.97. The van der Waals surface area contributed by atoms with Crippen LogP contribution in [-0.2, 0) is 20.6 Å². The minimum Gasteiger partial charge on any atom is -0.775 e. The fraction of sp³-hybridized carbons (Fsp3) is 0.444. The molecule has 3 unspecified atom stereocenters. The molecular weight excluding hydrogens is 319 g/mol. The van der Waals surface area contributed by atoms with Gasteiger partial charge in [-0.1, -0.05) is 0 Å². The topological polar surface area (TPSA) is 205 Å². The van der Waals surface area contributed by atoms with E-state index in [0.717, 1.165) is 0 Å². The Hall–Kier alpha value is -1.82. The number of nitrogen functional groups attached to an aromatic ring is 1. The lowest BCUT2D eigenvalue weighted by molar-refractivity contribution is -0.216. The Morgan fingerprint density at radius 3 is 3.00 bits per heavy atom. The first kappa shape index (κ1) is 16.5. The molecule has 8 N–H and O–H groups in total. The number of quaternary nitrogens is 1. The summed E-state index contributed by atoms with van der Waals surface area (Å²) >= 11 is 0. The molecule has 13 heteroatoms. The highest BCUT2D eigenvalue weighted by Gasteiger charge is 2.33. The molecule has 3 rings (SSSR count). The minimum absolute atomic E-state index is 0. The molecule has 0 amide bonds. The summed E-state index contributed by atoms with van der Waals surface area (Å²) in [5, 5.41) is 0. The predicted molar refractivity (Wildman–Crippen MR) is 73.0 cm³/mol. The summed E-state index contributed by atoms with van der Waals surface area (Å²) in [5.41, 5.74) is 5.35. The van der Waals surface area contributed by atoms with Crippen LogP contribution in [0, 0.1) is 0 Å². The summed E-state index contributed by atoms with van der Waals surface area (Å²) < 4.78 is 22.3. The molecule has 1 aliphatic heterocycles. The largest absolute Gasteiger partial charge is 0.775 e. The van der Waals surface area contributed by atoms with E-state index in [0.29, 0.717) is 0 Å². The standard InChI is InChI=1S/C9H12N5O6P.H3N/c10-8-12-6-5(7(15)13-8)11-3-14(6)1-4-2-19-9(20-4)21(16,17)18;/h3-4,9H,1-2H2,(H2,16,17,18)(H3,10,12,13,15);1H3. The zero-order valence-corrected chi connectivity index (χ0v) is 12.4. The van der Waals surface area contributed by atoms with Gasteiger partial charge in [0, 0.05) is 0 Å². The van der Waals surface area contributed by atoms with Crippen LogP contribution in [0.5, 0.6) is 0 Å².